The van der Waals surface area contributed by atoms with Crippen molar-refractivity contribution < 1.29 is 4.39 Å². The Morgan fingerprint density at radius 1 is 1.37 bits per heavy atom. The van der Waals surface area contributed by atoms with E-state index in [9.17, 15) is 4.39 Å². The topological polar surface area (TPSA) is 32.5 Å². The molecule has 0 aromatic heterocycles. The number of likely N-dealkylation sites (N-methyl/N-ethyl adjacent to an activating group) is 1. The van der Waals surface area contributed by atoms with Gasteiger partial charge in [-0.2, -0.15) is 0 Å². The third-order valence-electron chi connectivity index (χ3n) is 3.90. The summed E-state index contributed by atoms with van der Waals surface area (Å²) in [7, 11) is 2.12. The van der Waals surface area contributed by atoms with Crippen LogP contribution in [0.5, 0.6) is 0 Å². The maximum Gasteiger partial charge on any atom is 0.135 e. The SMILES string of the molecule is CN1CCN(c2ccc(C(N)=S)c(F)c2)CC1(C)C. The molecular formula is C14H20FN3S. The number of nitrogens with zero attached hydrogens (tertiary/aromatic N) is 2. The van der Waals surface area contributed by atoms with E-state index < -0.39 is 0 Å². The molecule has 104 valence electrons. The average Bonchev–Trinajstić information content (AvgIpc) is 2.32. The first-order valence-corrected chi connectivity index (χ1v) is 6.77. The first-order chi connectivity index (χ1) is 8.81. The molecular weight excluding hydrogens is 261 g/mol. The maximum absolute atomic E-state index is 13.9. The largest absolute Gasteiger partial charge is 0.389 e. The zero-order chi connectivity index (χ0) is 14.2. The minimum atomic E-state index is -0.346. The number of thiocarbonyl (C=S) groups is 1. The lowest BCUT2D eigenvalue weighted by molar-refractivity contribution is 0.139. The molecule has 5 heteroatoms. The van der Waals surface area contributed by atoms with Crippen LogP contribution in [0.15, 0.2) is 18.2 Å². The highest BCUT2D eigenvalue weighted by molar-refractivity contribution is 7.80. The summed E-state index contributed by atoms with van der Waals surface area (Å²) < 4.78 is 13.9. The Morgan fingerprint density at radius 3 is 2.58 bits per heavy atom. The van der Waals surface area contributed by atoms with Gasteiger partial charge in [-0.05, 0) is 39.1 Å². The fourth-order valence-corrected chi connectivity index (χ4v) is 2.53. The third kappa shape index (κ3) is 2.87. The summed E-state index contributed by atoms with van der Waals surface area (Å²) in [6.45, 7) is 7.12. The normalized spacial score (nSPS) is 19.5. The second-order valence-electron chi connectivity index (χ2n) is 5.68. The van der Waals surface area contributed by atoms with Gasteiger partial charge in [0.05, 0.1) is 0 Å². The fraction of sp³-hybridized carbons (Fsp3) is 0.500. The number of hydrogen-bond acceptors (Lipinski definition) is 3. The molecule has 1 saturated heterocycles. The van der Waals surface area contributed by atoms with Gasteiger partial charge < -0.3 is 10.6 Å². The lowest BCUT2D eigenvalue weighted by Crippen LogP contribution is -2.57. The van der Waals surface area contributed by atoms with E-state index in [-0.39, 0.29) is 16.3 Å². The molecule has 0 saturated carbocycles. The Kier molecular flexibility index (Phi) is 3.78. The Balaban J connectivity index is 2.24. The highest BCUT2D eigenvalue weighted by atomic mass is 32.1. The number of anilines is 1. The van der Waals surface area contributed by atoms with Crippen LogP contribution in [-0.4, -0.2) is 42.1 Å². The van der Waals surface area contributed by atoms with Crippen molar-refractivity contribution in [2.45, 2.75) is 19.4 Å². The number of piperazine rings is 1. The van der Waals surface area contributed by atoms with Gasteiger partial charge in [0.2, 0.25) is 0 Å². The molecule has 0 radical (unpaired) electrons. The summed E-state index contributed by atoms with van der Waals surface area (Å²) in [6, 6.07) is 5.08. The first-order valence-electron chi connectivity index (χ1n) is 6.37. The predicted molar refractivity (Wildman–Crippen MR) is 81.2 cm³/mol. The minimum absolute atomic E-state index is 0.0799. The molecule has 0 spiro atoms. The van der Waals surface area contributed by atoms with Crippen molar-refractivity contribution in [2.75, 3.05) is 31.6 Å². The molecule has 0 bridgehead atoms. The van der Waals surface area contributed by atoms with E-state index in [1.165, 1.54) is 6.07 Å². The van der Waals surface area contributed by atoms with Crippen LogP contribution >= 0.6 is 12.2 Å². The molecule has 1 aliphatic heterocycles. The maximum atomic E-state index is 13.9. The summed E-state index contributed by atoms with van der Waals surface area (Å²) in [5, 5.41) is 0. The third-order valence-corrected chi connectivity index (χ3v) is 4.12. The van der Waals surface area contributed by atoms with Crippen molar-refractivity contribution in [3.63, 3.8) is 0 Å². The van der Waals surface area contributed by atoms with Crippen LogP contribution in [0.2, 0.25) is 0 Å². The van der Waals surface area contributed by atoms with Gasteiger partial charge in [-0.25, -0.2) is 4.39 Å². The average molecular weight is 281 g/mol. The number of halogens is 1. The fourth-order valence-electron chi connectivity index (χ4n) is 2.36. The molecule has 3 nitrogen and oxygen atoms in total. The minimum Gasteiger partial charge on any atom is -0.389 e. The van der Waals surface area contributed by atoms with Gasteiger partial charge in [-0.3, -0.25) is 4.90 Å². The molecule has 0 unspecified atom stereocenters. The number of benzene rings is 1. The van der Waals surface area contributed by atoms with Crippen LogP contribution in [0.1, 0.15) is 19.4 Å². The van der Waals surface area contributed by atoms with Crippen LogP contribution in [0, 0.1) is 5.82 Å². The molecule has 1 aromatic carbocycles. The van der Waals surface area contributed by atoms with Gasteiger partial charge in [0.25, 0.3) is 0 Å². The van der Waals surface area contributed by atoms with E-state index in [2.05, 4.69) is 30.7 Å². The number of rotatable bonds is 2. The predicted octanol–water partition coefficient (Wildman–Crippen LogP) is 1.99. The summed E-state index contributed by atoms with van der Waals surface area (Å²) in [6.07, 6.45) is 0. The van der Waals surface area contributed by atoms with Gasteiger partial charge in [0.1, 0.15) is 10.8 Å². The summed E-state index contributed by atoms with van der Waals surface area (Å²) in [4.78, 5) is 4.62. The zero-order valence-electron chi connectivity index (χ0n) is 11.6. The van der Waals surface area contributed by atoms with Crippen LogP contribution in [0.4, 0.5) is 10.1 Å². The Morgan fingerprint density at radius 2 is 2.05 bits per heavy atom. The smallest absolute Gasteiger partial charge is 0.135 e. The molecule has 2 N–H and O–H groups in total. The summed E-state index contributed by atoms with van der Waals surface area (Å²) in [5.74, 6) is -0.346. The molecule has 1 aliphatic rings. The van der Waals surface area contributed by atoms with Crippen molar-refractivity contribution in [2.24, 2.45) is 5.73 Å². The monoisotopic (exact) mass is 281 g/mol. The van der Waals surface area contributed by atoms with Crippen molar-refractivity contribution >= 4 is 22.9 Å². The van der Waals surface area contributed by atoms with Gasteiger partial charge >= 0.3 is 0 Å². The molecule has 19 heavy (non-hydrogen) atoms. The number of nitrogens with two attached hydrogens (primary N) is 1. The molecule has 0 aliphatic carbocycles. The van der Waals surface area contributed by atoms with Crippen molar-refractivity contribution in [1.29, 1.82) is 0 Å². The first kappa shape index (κ1) is 14.2. The molecule has 0 amide bonds. The van der Waals surface area contributed by atoms with Crippen molar-refractivity contribution in [1.82, 2.24) is 4.90 Å². The number of hydrogen-bond donors (Lipinski definition) is 1. The lowest BCUT2D eigenvalue weighted by atomic mass is 9.99. The molecule has 1 aromatic rings. The van der Waals surface area contributed by atoms with Crippen LogP contribution in [-0.2, 0) is 0 Å². The molecule has 1 heterocycles. The van der Waals surface area contributed by atoms with Crippen LogP contribution in [0.25, 0.3) is 0 Å². The van der Waals surface area contributed by atoms with Crippen molar-refractivity contribution in [3.8, 4) is 0 Å². The second-order valence-corrected chi connectivity index (χ2v) is 6.12. The van der Waals surface area contributed by atoms with Crippen LogP contribution in [0.3, 0.4) is 0 Å². The van der Waals surface area contributed by atoms with Crippen molar-refractivity contribution in [3.05, 3.63) is 29.6 Å². The molecule has 2 rings (SSSR count). The Labute approximate surface area is 119 Å². The molecule has 1 fully saturated rings. The van der Waals surface area contributed by atoms with E-state index in [1.807, 2.05) is 6.07 Å². The van der Waals surface area contributed by atoms with Gasteiger partial charge in [0.15, 0.2) is 0 Å². The van der Waals surface area contributed by atoms with E-state index in [0.29, 0.717) is 5.56 Å². The lowest BCUT2D eigenvalue weighted by Gasteiger charge is -2.46. The van der Waals surface area contributed by atoms with Gasteiger partial charge in [-0.15, -0.1) is 0 Å². The summed E-state index contributed by atoms with van der Waals surface area (Å²) >= 11 is 4.82. The standard InChI is InChI=1S/C14H20FN3S/c1-14(2)9-18(7-6-17(14)3)10-4-5-11(13(16)19)12(15)8-10/h4-5,8H,6-7,9H2,1-3H3,(H2,16,19). The van der Waals surface area contributed by atoms with E-state index in [1.54, 1.807) is 6.07 Å². The van der Waals surface area contributed by atoms with Crippen LogP contribution < -0.4 is 10.6 Å². The quantitative estimate of drug-likeness (QED) is 0.840. The summed E-state index contributed by atoms with van der Waals surface area (Å²) in [5.41, 5.74) is 6.76. The van der Waals surface area contributed by atoms with E-state index in [0.717, 1.165) is 25.3 Å². The Hall–Kier alpha value is -1.20. The van der Waals surface area contributed by atoms with Gasteiger partial charge in [-0.1, -0.05) is 12.2 Å². The second kappa shape index (κ2) is 5.06. The highest BCUT2D eigenvalue weighted by Gasteiger charge is 2.31. The van der Waals surface area contributed by atoms with E-state index in [4.69, 9.17) is 18.0 Å². The Bertz CT molecular complexity index is 501. The zero-order valence-corrected chi connectivity index (χ0v) is 12.4. The molecule has 0 atom stereocenters. The van der Waals surface area contributed by atoms with E-state index >= 15 is 0 Å². The van der Waals surface area contributed by atoms with Gasteiger partial charge in [0, 0.05) is 36.4 Å². The highest BCUT2D eigenvalue weighted by Crippen LogP contribution is 2.25.